The molecule has 2 amide bonds. The van der Waals surface area contributed by atoms with Gasteiger partial charge in [0.25, 0.3) is 0 Å². The zero-order chi connectivity index (χ0) is 22.6. The van der Waals surface area contributed by atoms with Crippen molar-refractivity contribution in [2.75, 3.05) is 10.6 Å². The number of benzene rings is 2. The molecule has 2 rings (SSSR count). The number of ketones is 1. The minimum absolute atomic E-state index is 0.0659. The van der Waals surface area contributed by atoms with E-state index in [1.54, 1.807) is 41.9 Å². The van der Waals surface area contributed by atoms with Crippen molar-refractivity contribution in [1.82, 2.24) is 5.48 Å². The van der Waals surface area contributed by atoms with Crippen LogP contribution in [0.25, 0.3) is 0 Å². The molecule has 7 nitrogen and oxygen atoms in total. The van der Waals surface area contributed by atoms with Crippen LogP contribution in [-0.2, 0) is 9.59 Å². The molecule has 2 aromatic carbocycles. The Kier molecular flexibility index (Phi) is 9.71. The van der Waals surface area contributed by atoms with Gasteiger partial charge in [-0.05, 0) is 75.2 Å². The molecule has 0 saturated heterocycles. The fourth-order valence-electron chi connectivity index (χ4n) is 3.13. The van der Waals surface area contributed by atoms with Gasteiger partial charge in [-0.1, -0.05) is 12.8 Å². The fraction of sp³-hybridized carbons (Fsp3) is 0.375. The first kappa shape index (κ1) is 24.1. The quantitative estimate of drug-likeness (QED) is 0.173. The van der Waals surface area contributed by atoms with Gasteiger partial charge in [0.15, 0.2) is 5.78 Å². The van der Waals surface area contributed by atoms with Crippen LogP contribution in [-0.4, -0.2) is 28.8 Å². The predicted molar refractivity (Wildman–Crippen MR) is 121 cm³/mol. The normalized spacial score (nSPS) is 10.6. The highest BCUT2D eigenvalue weighted by molar-refractivity contribution is 6.09. The Morgan fingerprint density at radius 2 is 1.23 bits per heavy atom. The van der Waals surface area contributed by atoms with Gasteiger partial charge in [0.1, 0.15) is 0 Å². The first-order valence-electron chi connectivity index (χ1n) is 10.6. The van der Waals surface area contributed by atoms with Gasteiger partial charge in [0.05, 0.1) is 0 Å². The molecule has 0 aliphatic heterocycles. The summed E-state index contributed by atoms with van der Waals surface area (Å²) in [5.74, 6) is -0.538. The average molecular weight is 426 g/mol. The largest absolute Gasteiger partial charge is 0.383 e. The van der Waals surface area contributed by atoms with Crippen LogP contribution in [0.3, 0.4) is 0 Å². The maximum absolute atomic E-state index is 12.7. The second-order valence-electron chi connectivity index (χ2n) is 7.78. The Labute approximate surface area is 183 Å². The molecule has 0 unspecified atom stereocenters. The third-order valence-electron chi connectivity index (χ3n) is 4.72. The van der Waals surface area contributed by atoms with Crippen LogP contribution >= 0.6 is 0 Å². The van der Waals surface area contributed by atoms with Gasteiger partial charge >= 0.3 is 0 Å². The van der Waals surface area contributed by atoms with Crippen molar-refractivity contribution in [2.24, 2.45) is 0 Å². The minimum Gasteiger partial charge on any atom is -0.383 e. The number of carbonyl (C=O) groups excluding carboxylic acids is 3. The number of hydrogen-bond acceptors (Lipinski definition) is 5. The summed E-state index contributed by atoms with van der Waals surface area (Å²) in [6, 6.07) is 14.6. The lowest BCUT2D eigenvalue weighted by Crippen LogP contribution is -2.17. The van der Waals surface area contributed by atoms with E-state index in [9.17, 15) is 14.4 Å². The summed E-state index contributed by atoms with van der Waals surface area (Å²) < 4.78 is 0. The number of rotatable bonds is 12. The van der Waals surface area contributed by atoms with E-state index in [-0.39, 0.29) is 24.0 Å². The topological polar surface area (TPSA) is 108 Å². The van der Waals surface area contributed by atoms with Crippen molar-refractivity contribution in [2.45, 2.75) is 58.4 Å². The Balaban J connectivity index is 1.77. The number of nitrogens with one attached hydrogen (secondary N) is 3. The van der Waals surface area contributed by atoms with E-state index >= 15 is 0 Å². The molecule has 31 heavy (non-hydrogen) atoms. The lowest BCUT2D eigenvalue weighted by atomic mass is 10.0. The van der Waals surface area contributed by atoms with Gasteiger partial charge in [0, 0.05) is 41.4 Å². The Morgan fingerprint density at radius 1 is 0.742 bits per heavy atom. The summed E-state index contributed by atoms with van der Waals surface area (Å²) in [6.07, 6.45) is 3.75. The molecule has 166 valence electrons. The second kappa shape index (κ2) is 12.5. The maximum Gasteiger partial charge on any atom is 0.243 e. The molecule has 0 spiro atoms. The third-order valence-corrected chi connectivity index (χ3v) is 4.72. The highest BCUT2D eigenvalue weighted by Gasteiger charge is 2.10. The van der Waals surface area contributed by atoms with Crippen LogP contribution in [0.1, 0.15) is 68.3 Å². The summed E-state index contributed by atoms with van der Waals surface area (Å²) in [7, 11) is 0. The van der Waals surface area contributed by atoms with Gasteiger partial charge in [-0.15, -0.1) is 0 Å². The summed E-state index contributed by atoms with van der Waals surface area (Å²) in [6.45, 7) is 4.11. The van der Waals surface area contributed by atoms with E-state index in [0.29, 0.717) is 35.7 Å². The van der Waals surface area contributed by atoms with Gasteiger partial charge in [-0.25, -0.2) is 5.48 Å². The van der Waals surface area contributed by atoms with Gasteiger partial charge in [-0.2, -0.15) is 0 Å². The van der Waals surface area contributed by atoms with Crippen LogP contribution < -0.4 is 16.1 Å². The van der Waals surface area contributed by atoms with E-state index in [2.05, 4.69) is 24.5 Å². The highest BCUT2D eigenvalue weighted by atomic mass is 16.5. The van der Waals surface area contributed by atoms with Crippen LogP contribution in [0.15, 0.2) is 48.5 Å². The molecule has 0 bridgehead atoms. The van der Waals surface area contributed by atoms with Crippen LogP contribution in [0.4, 0.5) is 11.4 Å². The first-order chi connectivity index (χ1) is 14.9. The van der Waals surface area contributed by atoms with E-state index in [4.69, 9.17) is 5.21 Å². The van der Waals surface area contributed by atoms with E-state index in [1.165, 1.54) is 0 Å². The summed E-state index contributed by atoms with van der Waals surface area (Å²) in [5, 5.41) is 14.5. The minimum atomic E-state index is -0.389. The second-order valence-corrected chi connectivity index (χ2v) is 7.78. The number of carbonyl (C=O) groups is 3. The Hall–Kier alpha value is -3.19. The average Bonchev–Trinajstić information content (AvgIpc) is 2.76. The molecular formula is C24H31N3O4. The summed E-state index contributed by atoms with van der Waals surface area (Å²) in [5.41, 5.74) is 4.40. The standard InChI is InChI=1S/C24H31N3O4/c1-17(2)25-20-13-9-18(10-14-20)24(30)19-11-15-21(16-12-19)26-22(28)7-5-3-4-6-8-23(29)27-31/h9-17,25,31H,3-8H2,1-2H3,(H,26,28)(H,27,29). The molecule has 0 aliphatic rings. The van der Waals surface area contributed by atoms with Gasteiger partial charge in [-0.3, -0.25) is 19.6 Å². The van der Waals surface area contributed by atoms with Crippen molar-refractivity contribution >= 4 is 29.0 Å². The summed E-state index contributed by atoms with van der Waals surface area (Å²) >= 11 is 0. The number of anilines is 2. The Bertz CT molecular complexity index is 861. The number of amides is 2. The van der Waals surface area contributed by atoms with Crippen LogP contribution in [0.2, 0.25) is 0 Å². The molecule has 7 heteroatoms. The van der Waals surface area contributed by atoms with E-state index in [0.717, 1.165) is 24.9 Å². The monoisotopic (exact) mass is 425 g/mol. The molecule has 0 heterocycles. The lowest BCUT2D eigenvalue weighted by Gasteiger charge is -2.10. The SMILES string of the molecule is CC(C)Nc1ccc(C(=O)c2ccc(NC(=O)CCCCCCC(=O)NO)cc2)cc1. The predicted octanol–water partition coefficient (Wildman–Crippen LogP) is 4.52. The molecule has 4 N–H and O–H groups in total. The number of unbranched alkanes of at least 4 members (excludes halogenated alkanes) is 3. The van der Waals surface area contributed by atoms with Gasteiger partial charge < -0.3 is 10.6 Å². The summed E-state index contributed by atoms with van der Waals surface area (Å²) in [4.78, 5) is 35.6. The van der Waals surface area contributed by atoms with Crippen molar-refractivity contribution in [3.05, 3.63) is 59.7 Å². The fourth-order valence-corrected chi connectivity index (χ4v) is 3.13. The van der Waals surface area contributed by atoms with E-state index in [1.807, 2.05) is 12.1 Å². The molecule has 2 aromatic rings. The van der Waals surface area contributed by atoms with Crippen LogP contribution in [0, 0.1) is 0 Å². The smallest absolute Gasteiger partial charge is 0.243 e. The lowest BCUT2D eigenvalue weighted by molar-refractivity contribution is -0.129. The molecule has 0 saturated carbocycles. The van der Waals surface area contributed by atoms with Crippen LogP contribution in [0.5, 0.6) is 0 Å². The molecular weight excluding hydrogens is 394 g/mol. The zero-order valence-corrected chi connectivity index (χ0v) is 18.1. The zero-order valence-electron chi connectivity index (χ0n) is 18.1. The van der Waals surface area contributed by atoms with Crippen molar-refractivity contribution in [3.8, 4) is 0 Å². The van der Waals surface area contributed by atoms with Gasteiger partial charge in [0.2, 0.25) is 11.8 Å². The van der Waals surface area contributed by atoms with Crippen molar-refractivity contribution in [1.29, 1.82) is 0 Å². The molecule has 0 radical (unpaired) electrons. The number of hydroxylamine groups is 1. The third kappa shape index (κ3) is 8.60. The number of hydrogen-bond donors (Lipinski definition) is 4. The maximum atomic E-state index is 12.7. The van der Waals surface area contributed by atoms with Crippen molar-refractivity contribution < 1.29 is 19.6 Å². The molecule has 0 aromatic heterocycles. The van der Waals surface area contributed by atoms with Crippen molar-refractivity contribution in [3.63, 3.8) is 0 Å². The molecule has 0 aliphatic carbocycles. The van der Waals surface area contributed by atoms with E-state index < -0.39 is 0 Å². The molecule has 0 fully saturated rings. The molecule has 0 atom stereocenters. The first-order valence-corrected chi connectivity index (χ1v) is 10.6. The Morgan fingerprint density at radius 3 is 1.71 bits per heavy atom. The highest BCUT2D eigenvalue weighted by Crippen LogP contribution is 2.17.